The third-order valence-electron chi connectivity index (χ3n) is 4.52. The van der Waals surface area contributed by atoms with Gasteiger partial charge < -0.3 is 19.2 Å². The van der Waals surface area contributed by atoms with Crippen LogP contribution in [0.25, 0.3) is 0 Å². The second-order valence-electron chi connectivity index (χ2n) is 6.73. The Morgan fingerprint density at radius 3 is 2.92 bits per heavy atom. The third kappa shape index (κ3) is 5.19. The molecule has 6 nitrogen and oxygen atoms in total. The molecule has 24 heavy (non-hydrogen) atoms. The maximum atomic E-state index is 10.1. The number of hydrogen-bond donors (Lipinski definition) is 1. The number of rotatable bonds is 8. The molecule has 132 valence electrons. The number of ether oxygens (including phenoxy) is 1. The Hall–Kier alpha value is -1.63. The van der Waals surface area contributed by atoms with Crippen LogP contribution in [0.2, 0.25) is 0 Å². The molecule has 2 aromatic heterocycles. The highest BCUT2D eigenvalue weighted by Gasteiger charge is 2.21. The second-order valence-corrected chi connectivity index (χ2v) is 6.73. The molecule has 1 atom stereocenters. The van der Waals surface area contributed by atoms with Crippen LogP contribution in [0.1, 0.15) is 24.2 Å². The summed E-state index contributed by atoms with van der Waals surface area (Å²) in [4.78, 5) is 2.33. The molecule has 0 amide bonds. The molecule has 1 aliphatic heterocycles. The second kappa shape index (κ2) is 8.46. The molecule has 2 aromatic rings. The fourth-order valence-electron chi connectivity index (χ4n) is 3.22. The molecule has 0 spiro atoms. The van der Waals surface area contributed by atoms with E-state index in [0.29, 0.717) is 25.7 Å². The van der Waals surface area contributed by atoms with E-state index in [1.165, 1.54) is 5.56 Å². The van der Waals surface area contributed by atoms with Crippen molar-refractivity contribution in [3.63, 3.8) is 0 Å². The van der Waals surface area contributed by atoms with Gasteiger partial charge in [-0.1, -0.05) is 0 Å². The van der Waals surface area contributed by atoms with E-state index >= 15 is 0 Å². The fraction of sp³-hybridized carbons (Fsp3) is 0.611. The van der Waals surface area contributed by atoms with Crippen LogP contribution >= 0.6 is 0 Å². The molecule has 1 fully saturated rings. The summed E-state index contributed by atoms with van der Waals surface area (Å²) in [6, 6.07) is 3.71. The first-order valence-corrected chi connectivity index (χ1v) is 8.68. The van der Waals surface area contributed by atoms with Crippen LogP contribution in [-0.2, 0) is 17.9 Å². The summed E-state index contributed by atoms with van der Waals surface area (Å²) in [5.41, 5.74) is 1.21. The van der Waals surface area contributed by atoms with Crippen molar-refractivity contribution < 1.29 is 14.3 Å². The SMILES string of the molecule is Cc1cnn(CC2CCN(C[C@H](O)COCc3ccco3)CC2)c1. The van der Waals surface area contributed by atoms with Gasteiger partial charge in [0.05, 0.1) is 25.2 Å². The molecule has 1 N–H and O–H groups in total. The van der Waals surface area contributed by atoms with Crippen LogP contribution in [0.15, 0.2) is 35.2 Å². The molecule has 0 aromatic carbocycles. The minimum atomic E-state index is -0.453. The van der Waals surface area contributed by atoms with Crippen LogP contribution in [0.5, 0.6) is 0 Å². The van der Waals surface area contributed by atoms with E-state index in [9.17, 15) is 5.11 Å². The summed E-state index contributed by atoms with van der Waals surface area (Å²) >= 11 is 0. The van der Waals surface area contributed by atoms with Gasteiger partial charge in [-0.05, 0) is 56.5 Å². The molecule has 0 unspecified atom stereocenters. The molecule has 3 heterocycles. The van der Waals surface area contributed by atoms with Crippen LogP contribution in [-0.4, -0.2) is 52.1 Å². The molecule has 3 rings (SSSR count). The topological polar surface area (TPSA) is 63.7 Å². The van der Waals surface area contributed by atoms with E-state index in [4.69, 9.17) is 9.15 Å². The molecule has 1 aliphatic rings. The first-order chi connectivity index (χ1) is 11.7. The summed E-state index contributed by atoms with van der Waals surface area (Å²) in [6.07, 6.45) is 7.49. The van der Waals surface area contributed by atoms with Crippen molar-refractivity contribution >= 4 is 0 Å². The van der Waals surface area contributed by atoms with Gasteiger partial charge in [-0.3, -0.25) is 4.68 Å². The van der Waals surface area contributed by atoms with Crippen molar-refractivity contribution in [3.05, 3.63) is 42.1 Å². The van der Waals surface area contributed by atoms with Gasteiger partial charge in [0.1, 0.15) is 12.4 Å². The molecule has 1 saturated heterocycles. The predicted molar refractivity (Wildman–Crippen MR) is 90.5 cm³/mol. The quantitative estimate of drug-likeness (QED) is 0.801. The molecule has 0 radical (unpaired) electrons. The highest BCUT2D eigenvalue weighted by molar-refractivity contribution is 4.99. The summed E-state index contributed by atoms with van der Waals surface area (Å²) in [6.45, 7) is 6.55. The van der Waals surface area contributed by atoms with Crippen LogP contribution < -0.4 is 0 Å². The number of piperidine rings is 1. The number of hydrogen-bond acceptors (Lipinski definition) is 5. The Labute approximate surface area is 143 Å². The van der Waals surface area contributed by atoms with Crippen LogP contribution in [0.3, 0.4) is 0 Å². The zero-order valence-corrected chi connectivity index (χ0v) is 14.3. The van der Waals surface area contributed by atoms with Gasteiger partial charge in [0.15, 0.2) is 0 Å². The van der Waals surface area contributed by atoms with Gasteiger partial charge in [0.2, 0.25) is 0 Å². The minimum absolute atomic E-state index is 0.340. The fourth-order valence-corrected chi connectivity index (χ4v) is 3.22. The molecule has 0 saturated carbocycles. The summed E-state index contributed by atoms with van der Waals surface area (Å²) in [7, 11) is 0. The van der Waals surface area contributed by atoms with Gasteiger partial charge >= 0.3 is 0 Å². The van der Waals surface area contributed by atoms with Gasteiger partial charge in [0.25, 0.3) is 0 Å². The standard InChI is InChI=1S/C18H27N3O3/c1-15-9-19-21(10-15)11-16-4-6-20(7-5-16)12-17(22)13-23-14-18-3-2-8-24-18/h2-3,8-10,16-17,22H,4-7,11-14H2,1H3/t17-/m0/s1. The van der Waals surface area contributed by atoms with E-state index < -0.39 is 6.10 Å². The van der Waals surface area contributed by atoms with Crippen molar-refractivity contribution in [2.24, 2.45) is 5.92 Å². The summed E-state index contributed by atoms with van der Waals surface area (Å²) in [5, 5.41) is 14.5. The van der Waals surface area contributed by atoms with Crippen molar-refractivity contribution in [2.45, 2.75) is 39.0 Å². The number of likely N-dealkylation sites (tertiary alicyclic amines) is 1. The Balaban J connectivity index is 1.31. The van der Waals surface area contributed by atoms with Gasteiger partial charge in [-0.15, -0.1) is 0 Å². The lowest BCUT2D eigenvalue weighted by Crippen LogP contribution is -2.41. The van der Waals surface area contributed by atoms with Crippen molar-refractivity contribution in [1.29, 1.82) is 0 Å². The third-order valence-corrected chi connectivity index (χ3v) is 4.52. The monoisotopic (exact) mass is 333 g/mol. The Morgan fingerprint density at radius 2 is 2.25 bits per heavy atom. The van der Waals surface area contributed by atoms with Crippen LogP contribution in [0.4, 0.5) is 0 Å². The Morgan fingerprint density at radius 1 is 1.42 bits per heavy atom. The Bertz CT molecular complexity index is 588. The Kier molecular flexibility index (Phi) is 6.07. The van der Waals surface area contributed by atoms with E-state index in [1.807, 2.05) is 23.0 Å². The van der Waals surface area contributed by atoms with E-state index in [2.05, 4.69) is 23.1 Å². The first kappa shape index (κ1) is 17.2. The summed E-state index contributed by atoms with van der Waals surface area (Å²) < 4.78 is 12.8. The smallest absolute Gasteiger partial charge is 0.129 e. The predicted octanol–water partition coefficient (Wildman–Crippen LogP) is 2.07. The number of aliphatic hydroxyl groups excluding tert-OH is 1. The van der Waals surface area contributed by atoms with E-state index in [-0.39, 0.29) is 0 Å². The number of aryl methyl sites for hydroxylation is 1. The molecular formula is C18H27N3O3. The maximum Gasteiger partial charge on any atom is 0.129 e. The zero-order valence-electron chi connectivity index (χ0n) is 14.3. The normalized spacial score (nSPS) is 18.1. The van der Waals surface area contributed by atoms with E-state index in [1.54, 1.807) is 6.26 Å². The highest BCUT2D eigenvalue weighted by Crippen LogP contribution is 2.19. The molecule has 0 aliphatic carbocycles. The average molecular weight is 333 g/mol. The number of nitrogens with zero attached hydrogens (tertiary/aromatic N) is 3. The van der Waals surface area contributed by atoms with Crippen molar-refractivity contribution in [3.8, 4) is 0 Å². The van der Waals surface area contributed by atoms with Crippen molar-refractivity contribution in [2.75, 3.05) is 26.2 Å². The zero-order chi connectivity index (χ0) is 16.8. The van der Waals surface area contributed by atoms with Gasteiger partial charge in [-0.25, -0.2) is 0 Å². The van der Waals surface area contributed by atoms with Gasteiger partial charge in [-0.2, -0.15) is 5.10 Å². The van der Waals surface area contributed by atoms with Gasteiger partial charge in [0, 0.05) is 19.3 Å². The summed E-state index contributed by atoms with van der Waals surface area (Å²) in [5.74, 6) is 1.46. The largest absolute Gasteiger partial charge is 0.467 e. The molecule has 6 heteroatoms. The first-order valence-electron chi connectivity index (χ1n) is 8.68. The highest BCUT2D eigenvalue weighted by atomic mass is 16.5. The van der Waals surface area contributed by atoms with Crippen molar-refractivity contribution in [1.82, 2.24) is 14.7 Å². The number of β-amino-alcohol motifs (C(OH)–C–C–N with tert-alkyl or cyclic N) is 1. The average Bonchev–Trinajstić information content (AvgIpc) is 3.21. The van der Waals surface area contributed by atoms with Crippen LogP contribution in [0, 0.1) is 12.8 Å². The maximum absolute atomic E-state index is 10.1. The number of aliphatic hydroxyl groups is 1. The van der Waals surface area contributed by atoms with E-state index in [0.717, 1.165) is 38.2 Å². The lowest BCUT2D eigenvalue weighted by molar-refractivity contribution is -0.000336. The number of furan rings is 1. The number of aromatic nitrogens is 2. The lowest BCUT2D eigenvalue weighted by atomic mass is 9.96. The molecular weight excluding hydrogens is 306 g/mol. The minimum Gasteiger partial charge on any atom is -0.467 e. The lowest BCUT2D eigenvalue weighted by Gasteiger charge is -2.33. The molecule has 0 bridgehead atoms.